The fourth-order valence-corrected chi connectivity index (χ4v) is 4.28. The van der Waals surface area contributed by atoms with E-state index in [4.69, 9.17) is 4.74 Å². The lowest BCUT2D eigenvalue weighted by atomic mass is 9.76. The third-order valence-electron chi connectivity index (χ3n) is 5.42. The molecule has 4 nitrogen and oxygen atoms in total. The van der Waals surface area contributed by atoms with Gasteiger partial charge in [-0.3, -0.25) is 9.69 Å². The van der Waals surface area contributed by atoms with Gasteiger partial charge in [-0.1, -0.05) is 12.8 Å². The number of likely N-dealkylation sites (tertiary alicyclic amines) is 1. The smallest absolute Gasteiger partial charge is 0.313 e. The van der Waals surface area contributed by atoms with Gasteiger partial charge in [0.15, 0.2) is 0 Å². The molecule has 0 aromatic heterocycles. The lowest BCUT2D eigenvalue weighted by molar-refractivity contribution is -0.151. The molecule has 0 radical (unpaired) electrons. The van der Waals surface area contributed by atoms with Gasteiger partial charge in [-0.25, -0.2) is 0 Å². The van der Waals surface area contributed by atoms with Crippen LogP contribution in [0.25, 0.3) is 0 Å². The predicted octanol–water partition coefficient (Wildman–Crippen LogP) is 2.13. The molecule has 3 atom stereocenters. The summed E-state index contributed by atoms with van der Waals surface area (Å²) in [5.74, 6) is 0.151. The molecule has 2 aliphatic heterocycles. The molecule has 108 valence electrons. The molecule has 1 saturated carbocycles. The van der Waals surface area contributed by atoms with Gasteiger partial charge in [-0.2, -0.15) is 0 Å². The average Bonchev–Trinajstić information content (AvgIpc) is 2.89. The Morgan fingerprint density at radius 1 is 1.26 bits per heavy atom. The summed E-state index contributed by atoms with van der Waals surface area (Å²) >= 11 is 0. The summed E-state index contributed by atoms with van der Waals surface area (Å²) in [6.07, 6.45) is 8.54. The highest BCUT2D eigenvalue weighted by Crippen LogP contribution is 2.38. The zero-order valence-electron chi connectivity index (χ0n) is 11.6. The Labute approximate surface area is 115 Å². The number of carboxylic acid groups (broad SMARTS) is 1. The van der Waals surface area contributed by atoms with E-state index in [-0.39, 0.29) is 0 Å². The van der Waals surface area contributed by atoms with Crippen LogP contribution < -0.4 is 0 Å². The number of ether oxygens (including phenoxy) is 1. The van der Waals surface area contributed by atoms with Crippen LogP contribution in [0.15, 0.2) is 0 Å². The van der Waals surface area contributed by atoms with Crippen molar-refractivity contribution < 1.29 is 14.6 Å². The highest BCUT2D eigenvalue weighted by molar-refractivity contribution is 5.75. The number of piperidine rings is 1. The van der Waals surface area contributed by atoms with Crippen LogP contribution in [0.2, 0.25) is 0 Å². The van der Waals surface area contributed by atoms with Gasteiger partial charge in [0.2, 0.25) is 0 Å². The van der Waals surface area contributed by atoms with Crippen LogP contribution in [0.5, 0.6) is 0 Å². The van der Waals surface area contributed by atoms with E-state index in [9.17, 15) is 9.90 Å². The molecule has 3 fully saturated rings. The Balaban J connectivity index is 1.71. The van der Waals surface area contributed by atoms with Gasteiger partial charge >= 0.3 is 5.97 Å². The molecule has 3 unspecified atom stereocenters. The number of nitrogens with zero attached hydrogens (tertiary/aromatic N) is 1. The summed E-state index contributed by atoms with van der Waals surface area (Å²) in [6.45, 7) is 2.78. The van der Waals surface area contributed by atoms with Crippen molar-refractivity contribution in [3.8, 4) is 0 Å². The number of carbonyl (C=O) groups is 1. The number of hydrogen-bond acceptors (Lipinski definition) is 3. The van der Waals surface area contributed by atoms with Crippen LogP contribution in [0, 0.1) is 11.3 Å². The average molecular weight is 267 g/mol. The van der Waals surface area contributed by atoms with E-state index in [0.717, 1.165) is 12.5 Å². The molecule has 1 aliphatic carbocycles. The zero-order valence-corrected chi connectivity index (χ0v) is 11.6. The lowest BCUT2D eigenvalue weighted by Crippen LogP contribution is -2.53. The fourth-order valence-electron chi connectivity index (χ4n) is 4.28. The molecular weight excluding hydrogens is 242 g/mol. The van der Waals surface area contributed by atoms with E-state index < -0.39 is 11.4 Å². The maximum atomic E-state index is 11.7. The molecule has 0 aromatic carbocycles. The minimum absolute atomic E-state index is 0.399. The Morgan fingerprint density at radius 2 is 2.05 bits per heavy atom. The highest BCUT2D eigenvalue weighted by Gasteiger charge is 2.46. The Kier molecular flexibility index (Phi) is 3.81. The second-order valence-corrected chi connectivity index (χ2v) is 6.61. The molecule has 2 heterocycles. The summed E-state index contributed by atoms with van der Waals surface area (Å²) in [4.78, 5) is 14.1. The highest BCUT2D eigenvalue weighted by atomic mass is 16.5. The molecule has 0 aromatic rings. The molecule has 2 saturated heterocycles. The second kappa shape index (κ2) is 5.41. The van der Waals surface area contributed by atoms with Gasteiger partial charge in [0.25, 0.3) is 0 Å². The Bertz CT molecular complexity index is 336. The van der Waals surface area contributed by atoms with Gasteiger partial charge in [-0.05, 0) is 44.6 Å². The first-order valence-electron chi connectivity index (χ1n) is 7.76. The second-order valence-electron chi connectivity index (χ2n) is 6.61. The van der Waals surface area contributed by atoms with Gasteiger partial charge in [-0.15, -0.1) is 0 Å². The normalized spacial score (nSPS) is 40.0. The number of aliphatic carboxylic acids is 1. The summed E-state index contributed by atoms with van der Waals surface area (Å²) in [6, 6.07) is 0.638. The van der Waals surface area contributed by atoms with E-state index in [0.29, 0.717) is 32.2 Å². The summed E-state index contributed by atoms with van der Waals surface area (Å²) in [5.41, 5.74) is -0.640. The van der Waals surface area contributed by atoms with Crippen molar-refractivity contribution in [2.45, 2.75) is 51.0 Å². The lowest BCUT2D eigenvalue weighted by Gasteiger charge is -2.46. The van der Waals surface area contributed by atoms with Crippen molar-refractivity contribution in [3.63, 3.8) is 0 Å². The van der Waals surface area contributed by atoms with Crippen molar-refractivity contribution >= 4 is 5.97 Å². The van der Waals surface area contributed by atoms with Gasteiger partial charge < -0.3 is 9.84 Å². The molecule has 3 aliphatic rings. The first-order chi connectivity index (χ1) is 9.21. The van der Waals surface area contributed by atoms with Gasteiger partial charge in [0, 0.05) is 19.2 Å². The Hall–Kier alpha value is -0.610. The van der Waals surface area contributed by atoms with E-state index in [1.165, 1.54) is 38.5 Å². The fraction of sp³-hybridized carbons (Fsp3) is 0.933. The summed E-state index contributed by atoms with van der Waals surface area (Å²) in [7, 11) is 0. The van der Waals surface area contributed by atoms with Crippen LogP contribution >= 0.6 is 0 Å². The van der Waals surface area contributed by atoms with Crippen molar-refractivity contribution in [1.29, 1.82) is 0 Å². The van der Waals surface area contributed by atoms with Crippen molar-refractivity contribution in [2.75, 3.05) is 26.3 Å². The third kappa shape index (κ3) is 2.52. The van der Waals surface area contributed by atoms with Crippen LogP contribution in [0.3, 0.4) is 0 Å². The zero-order chi connectivity index (χ0) is 13.3. The van der Waals surface area contributed by atoms with Crippen LogP contribution in [-0.4, -0.2) is 48.3 Å². The first kappa shape index (κ1) is 13.4. The van der Waals surface area contributed by atoms with Crippen LogP contribution in [-0.2, 0) is 9.53 Å². The minimum Gasteiger partial charge on any atom is -0.481 e. The van der Waals surface area contributed by atoms with Crippen molar-refractivity contribution in [3.05, 3.63) is 0 Å². The third-order valence-corrected chi connectivity index (χ3v) is 5.42. The monoisotopic (exact) mass is 267 g/mol. The quantitative estimate of drug-likeness (QED) is 0.851. The van der Waals surface area contributed by atoms with Crippen molar-refractivity contribution in [1.82, 2.24) is 4.90 Å². The first-order valence-corrected chi connectivity index (χ1v) is 7.76. The summed E-state index contributed by atoms with van der Waals surface area (Å²) in [5, 5.41) is 9.58. The molecule has 3 rings (SSSR count). The topological polar surface area (TPSA) is 49.8 Å². The van der Waals surface area contributed by atoms with Crippen LogP contribution in [0.4, 0.5) is 0 Å². The van der Waals surface area contributed by atoms with E-state index in [1.807, 2.05) is 0 Å². The summed E-state index contributed by atoms with van der Waals surface area (Å²) < 4.78 is 5.39. The molecule has 0 spiro atoms. The molecule has 0 bridgehead atoms. The van der Waals surface area contributed by atoms with E-state index in [1.54, 1.807) is 0 Å². The number of hydrogen-bond donors (Lipinski definition) is 1. The predicted molar refractivity (Wildman–Crippen MR) is 72.1 cm³/mol. The largest absolute Gasteiger partial charge is 0.481 e. The standard InChI is InChI=1S/C15H25NO3/c17-14(18)15(7-9-19-11-15)10-16-8-3-5-12-4-1-2-6-13(12)16/h12-13H,1-11H2,(H,17,18). The molecule has 1 N–H and O–H groups in total. The molecule has 0 amide bonds. The SMILES string of the molecule is O=C(O)C1(CN2CCCC3CCCCC32)CCOC1. The number of carboxylic acids is 1. The molecular formula is C15H25NO3. The van der Waals surface area contributed by atoms with Crippen molar-refractivity contribution in [2.24, 2.45) is 11.3 Å². The maximum absolute atomic E-state index is 11.7. The van der Waals surface area contributed by atoms with E-state index >= 15 is 0 Å². The molecule has 19 heavy (non-hydrogen) atoms. The van der Waals surface area contributed by atoms with Gasteiger partial charge in [0.1, 0.15) is 5.41 Å². The van der Waals surface area contributed by atoms with E-state index in [2.05, 4.69) is 4.90 Å². The maximum Gasteiger partial charge on any atom is 0.313 e. The van der Waals surface area contributed by atoms with Gasteiger partial charge in [0.05, 0.1) is 6.61 Å². The number of rotatable bonds is 3. The van der Waals surface area contributed by atoms with Crippen LogP contribution in [0.1, 0.15) is 44.9 Å². The number of fused-ring (bicyclic) bond motifs is 1. The minimum atomic E-state index is -0.664. The molecule has 4 heteroatoms. The Morgan fingerprint density at radius 3 is 2.79 bits per heavy atom.